The second kappa shape index (κ2) is 6.73. The maximum absolute atomic E-state index is 12.2. The van der Waals surface area contributed by atoms with Crippen molar-refractivity contribution in [1.29, 1.82) is 0 Å². The SMILES string of the molecule is OCc1nnn(-c2ccc(OC(F)(F)F)cc2)c1-c1ccc(Cl)cc1. The lowest BCUT2D eigenvalue weighted by Gasteiger charge is -2.11. The van der Waals surface area contributed by atoms with Crippen LogP contribution in [0.15, 0.2) is 48.5 Å². The van der Waals surface area contributed by atoms with Crippen LogP contribution in [0.3, 0.4) is 0 Å². The Morgan fingerprint density at radius 2 is 1.68 bits per heavy atom. The predicted molar refractivity (Wildman–Crippen MR) is 84.4 cm³/mol. The molecular weight excluding hydrogens is 359 g/mol. The van der Waals surface area contributed by atoms with Crippen LogP contribution in [-0.2, 0) is 6.61 Å². The van der Waals surface area contributed by atoms with Crippen molar-refractivity contribution in [1.82, 2.24) is 15.0 Å². The van der Waals surface area contributed by atoms with Crippen molar-refractivity contribution >= 4 is 11.6 Å². The van der Waals surface area contributed by atoms with Gasteiger partial charge in [-0.25, -0.2) is 4.68 Å². The van der Waals surface area contributed by atoms with Gasteiger partial charge in [0.15, 0.2) is 0 Å². The number of rotatable bonds is 4. The van der Waals surface area contributed by atoms with Crippen molar-refractivity contribution in [2.75, 3.05) is 0 Å². The van der Waals surface area contributed by atoms with Gasteiger partial charge >= 0.3 is 6.36 Å². The van der Waals surface area contributed by atoms with Gasteiger partial charge in [0.25, 0.3) is 0 Å². The van der Waals surface area contributed by atoms with Crippen molar-refractivity contribution in [2.24, 2.45) is 0 Å². The van der Waals surface area contributed by atoms with Crippen LogP contribution in [0, 0.1) is 0 Å². The monoisotopic (exact) mass is 369 g/mol. The first-order valence-electron chi connectivity index (χ1n) is 7.05. The van der Waals surface area contributed by atoms with E-state index in [1.54, 1.807) is 24.3 Å². The summed E-state index contributed by atoms with van der Waals surface area (Å²) < 4.78 is 42.0. The Kier molecular flexibility index (Phi) is 4.65. The van der Waals surface area contributed by atoms with E-state index in [9.17, 15) is 18.3 Å². The number of nitrogens with zero attached hydrogens (tertiary/aromatic N) is 3. The third kappa shape index (κ3) is 3.92. The minimum atomic E-state index is -4.76. The van der Waals surface area contributed by atoms with Crippen LogP contribution in [0.5, 0.6) is 5.75 Å². The summed E-state index contributed by atoms with van der Waals surface area (Å²) in [5.41, 5.74) is 2.02. The Morgan fingerprint density at radius 3 is 2.24 bits per heavy atom. The van der Waals surface area contributed by atoms with Crippen LogP contribution in [-0.4, -0.2) is 26.5 Å². The predicted octanol–water partition coefficient (Wildman–Crippen LogP) is 3.98. The largest absolute Gasteiger partial charge is 0.573 e. The summed E-state index contributed by atoms with van der Waals surface area (Å²) in [5.74, 6) is -0.341. The van der Waals surface area contributed by atoms with Crippen molar-refractivity contribution in [3.63, 3.8) is 0 Å². The van der Waals surface area contributed by atoms with Gasteiger partial charge in [-0.2, -0.15) is 0 Å². The van der Waals surface area contributed by atoms with E-state index in [1.165, 1.54) is 28.9 Å². The van der Waals surface area contributed by atoms with Gasteiger partial charge in [-0.1, -0.05) is 28.9 Å². The first-order chi connectivity index (χ1) is 11.9. The Labute approximate surface area is 145 Å². The number of aliphatic hydroxyl groups excluding tert-OH is 1. The summed E-state index contributed by atoms with van der Waals surface area (Å²) in [7, 11) is 0. The third-order valence-electron chi connectivity index (χ3n) is 3.32. The molecule has 0 bridgehead atoms. The molecule has 0 radical (unpaired) electrons. The highest BCUT2D eigenvalue weighted by atomic mass is 35.5. The molecule has 9 heteroatoms. The number of halogens is 4. The molecule has 0 fully saturated rings. The van der Waals surface area contributed by atoms with Crippen LogP contribution in [0.25, 0.3) is 16.9 Å². The summed E-state index contributed by atoms with van der Waals surface area (Å²) in [6, 6.07) is 12.0. The van der Waals surface area contributed by atoms with Crippen molar-refractivity contribution < 1.29 is 23.0 Å². The van der Waals surface area contributed by atoms with Gasteiger partial charge in [0.05, 0.1) is 12.3 Å². The van der Waals surface area contributed by atoms with Crippen molar-refractivity contribution in [3.05, 3.63) is 59.2 Å². The van der Waals surface area contributed by atoms with Crippen LogP contribution in [0.2, 0.25) is 5.02 Å². The minimum absolute atomic E-state index is 0.331. The van der Waals surface area contributed by atoms with E-state index in [1.807, 2.05) is 0 Å². The first-order valence-corrected chi connectivity index (χ1v) is 7.43. The molecule has 0 spiro atoms. The number of aliphatic hydroxyl groups is 1. The normalized spacial score (nSPS) is 11.6. The maximum atomic E-state index is 12.2. The quantitative estimate of drug-likeness (QED) is 0.755. The molecule has 130 valence electrons. The summed E-state index contributed by atoms with van der Waals surface area (Å²) in [5, 5.41) is 17.9. The number of aromatic nitrogens is 3. The van der Waals surface area contributed by atoms with E-state index >= 15 is 0 Å². The van der Waals surface area contributed by atoms with Gasteiger partial charge in [-0.15, -0.1) is 18.3 Å². The number of ether oxygens (including phenoxy) is 1. The Bertz CT molecular complexity index is 862. The molecule has 0 saturated carbocycles. The molecule has 0 unspecified atom stereocenters. The highest BCUT2D eigenvalue weighted by molar-refractivity contribution is 6.30. The Balaban J connectivity index is 2.00. The molecular formula is C16H11ClF3N3O2. The zero-order valence-electron chi connectivity index (χ0n) is 12.5. The first kappa shape index (κ1) is 17.2. The van der Waals surface area contributed by atoms with Crippen molar-refractivity contribution in [3.8, 4) is 22.7 Å². The van der Waals surface area contributed by atoms with Crippen LogP contribution < -0.4 is 4.74 Å². The fraction of sp³-hybridized carbons (Fsp3) is 0.125. The fourth-order valence-electron chi connectivity index (χ4n) is 2.29. The van der Waals surface area contributed by atoms with E-state index in [4.69, 9.17) is 11.6 Å². The van der Waals surface area contributed by atoms with Gasteiger partial charge in [0.1, 0.15) is 17.1 Å². The van der Waals surface area contributed by atoms with Gasteiger partial charge in [-0.05, 0) is 36.4 Å². The van der Waals surface area contributed by atoms with Crippen LogP contribution in [0.4, 0.5) is 13.2 Å². The van der Waals surface area contributed by atoms with E-state index in [0.717, 1.165) is 0 Å². The average Bonchev–Trinajstić information content (AvgIpc) is 2.99. The van der Waals surface area contributed by atoms with Crippen molar-refractivity contribution in [2.45, 2.75) is 13.0 Å². The second-order valence-corrected chi connectivity index (χ2v) is 5.44. The topological polar surface area (TPSA) is 60.2 Å². The van der Waals surface area contributed by atoms with Gasteiger partial charge in [-0.3, -0.25) is 0 Å². The van der Waals surface area contributed by atoms with Gasteiger partial charge in [0, 0.05) is 10.6 Å². The number of hydrogen-bond acceptors (Lipinski definition) is 4. The van der Waals surface area contributed by atoms with E-state index in [0.29, 0.717) is 27.7 Å². The molecule has 0 amide bonds. The summed E-state index contributed by atoms with van der Waals surface area (Å²) in [6.07, 6.45) is -4.76. The number of alkyl halides is 3. The van der Waals surface area contributed by atoms with E-state index in [-0.39, 0.29) is 12.4 Å². The number of hydrogen-bond donors (Lipinski definition) is 1. The highest BCUT2D eigenvalue weighted by Gasteiger charge is 2.31. The molecule has 0 aliphatic heterocycles. The fourth-order valence-corrected chi connectivity index (χ4v) is 2.41. The molecule has 0 aliphatic rings. The molecule has 2 aromatic carbocycles. The molecule has 25 heavy (non-hydrogen) atoms. The van der Waals surface area contributed by atoms with E-state index in [2.05, 4.69) is 15.0 Å². The lowest BCUT2D eigenvalue weighted by atomic mass is 10.1. The average molecular weight is 370 g/mol. The molecule has 1 aromatic heterocycles. The molecule has 0 atom stereocenters. The summed E-state index contributed by atoms with van der Waals surface area (Å²) >= 11 is 5.88. The molecule has 5 nitrogen and oxygen atoms in total. The zero-order valence-corrected chi connectivity index (χ0v) is 13.3. The smallest absolute Gasteiger partial charge is 0.406 e. The van der Waals surface area contributed by atoms with E-state index < -0.39 is 6.36 Å². The van der Waals surface area contributed by atoms with Crippen LogP contribution in [0.1, 0.15) is 5.69 Å². The molecule has 0 saturated heterocycles. The molecule has 1 heterocycles. The molecule has 3 rings (SSSR count). The molecule has 0 aliphatic carbocycles. The summed E-state index contributed by atoms with van der Waals surface area (Å²) in [6.45, 7) is -0.340. The Morgan fingerprint density at radius 1 is 1.04 bits per heavy atom. The summed E-state index contributed by atoms with van der Waals surface area (Å²) in [4.78, 5) is 0. The lowest BCUT2D eigenvalue weighted by molar-refractivity contribution is -0.274. The standard InChI is InChI=1S/C16H11ClF3N3O2/c17-11-3-1-10(2-4-11)15-14(9-24)21-22-23(15)12-5-7-13(8-6-12)25-16(18,19)20/h1-8,24H,9H2. The highest BCUT2D eigenvalue weighted by Crippen LogP contribution is 2.28. The van der Waals surface area contributed by atoms with Gasteiger partial charge in [0.2, 0.25) is 0 Å². The zero-order chi connectivity index (χ0) is 18.0. The maximum Gasteiger partial charge on any atom is 0.573 e. The lowest BCUT2D eigenvalue weighted by Crippen LogP contribution is -2.17. The molecule has 1 N–H and O–H groups in total. The van der Waals surface area contributed by atoms with Gasteiger partial charge < -0.3 is 9.84 Å². The second-order valence-electron chi connectivity index (χ2n) is 5.00. The Hall–Kier alpha value is -2.58. The van der Waals surface area contributed by atoms with Crippen LogP contribution >= 0.6 is 11.6 Å². The minimum Gasteiger partial charge on any atom is -0.406 e. The number of benzene rings is 2. The molecule has 3 aromatic rings. The third-order valence-corrected chi connectivity index (χ3v) is 3.57.